The summed E-state index contributed by atoms with van der Waals surface area (Å²) in [5.74, 6) is 0.650. The van der Waals surface area contributed by atoms with Gasteiger partial charge in [0.15, 0.2) is 11.5 Å². The van der Waals surface area contributed by atoms with E-state index < -0.39 is 0 Å². The lowest BCUT2D eigenvalue weighted by Gasteiger charge is -2.30. The zero-order valence-electron chi connectivity index (χ0n) is 15.0. The number of phenolic OH excluding ortho intramolecular Hbond substituents is 1. The minimum absolute atomic E-state index is 0.156. The van der Waals surface area contributed by atoms with Crippen molar-refractivity contribution in [2.24, 2.45) is 5.10 Å². The second-order valence-electron chi connectivity index (χ2n) is 6.41. The first-order valence-electron chi connectivity index (χ1n) is 8.97. The SMILES string of the molecule is CCOc1cc(C=NN2CC[NH+](Cc3ccc(Cl)cc3)CC2)ccc1O. The van der Waals surface area contributed by atoms with Gasteiger partial charge in [-0.3, -0.25) is 5.01 Å². The van der Waals surface area contributed by atoms with Crippen molar-refractivity contribution < 1.29 is 14.7 Å². The number of hydrogen-bond acceptors (Lipinski definition) is 4. The van der Waals surface area contributed by atoms with E-state index in [1.165, 1.54) is 5.56 Å². The van der Waals surface area contributed by atoms with Crippen LogP contribution in [-0.4, -0.2) is 49.1 Å². The number of halogens is 1. The van der Waals surface area contributed by atoms with E-state index in [1.54, 1.807) is 11.0 Å². The number of rotatable bonds is 6. The van der Waals surface area contributed by atoms with Crippen LogP contribution in [0.5, 0.6) is 11.5 Å². The van der Waals surface area contributed by atoms with E-state index in [1.807, 2.05) is 37.4 Å². The quantitative estimate of drug-likeness (QED) is 0.762. The second-order valence-corrected chi connectivity index (χ2v) is 6.85. The van der Waals surface area contributed by atoms with Gasteiger partial charge in [0, 0.05) is 10.6 Å². The van der Waals surface area contributed by atoms with Gasteiger partial charge in [0.1, 0.15) is 6.54 Å². The minimum Gasteiger partial charge on any atom is -0.504 e. The molecule has 3 rings (SSSR count). The van der Waals surface area contributed by atoms with E-state index in [-0.39, 0.29) is 5.75 Å². The molecule has 0 atom stereocenters. The molecule has 26 heavy (non-hydrogen) atoms. The van der Waals surface area contributed by atoms with E-state index in [4.69, 9.17) is 16.3 Å². The van der Waals surface area contributed by atoms with Crippen LogP contribution in [0.1, 0.15) is 18.1 Å². The Hall–Kier alpha value is -2.24. The maximum atomic E-state index is 9.76. The van der Waals surface area contributed by atoms with Crippen molar-refractivity contribution in [1.29, 1.82) is 0 Å². The summed E-state index contributed by atoms with van der Waals surface area (Å²) >= 11 is 5.94. The van der Waals surface area contributed by atoms with Gasteiger partial charge in [-0.15, -0.1) is 0 Å². The van der Waals surface area contributed by atoms with Gasteiger partial charge in [0.25, 0.3) is 0 Å². The molecule has 138 valence electrons. The lowest BCUT2D eigenvalue weighted by molar-refractivity contribution is -0.918. The van der Waals surface area contributed by atoms with Crippen LogP contribution in [0.25, 0.3) is 0 Å². The molecule has 1 aliphatic heterocycles. The number of nitrogens with zero attached hydrogens (tertiary/aromatic N) is 2. The molecule has 0 bridgehead atoms. The highest BCUT2D eigenvalue weighted by Crippen LogP contribution is 2.26. The summed E-state index contributed by atoms with van der Waals surface area (Å²) in [5, 5.41) is 17.2. The van der Waals surface area contributed by atoms with Gasteiger partial charge in [0.2, 0.25) is 0 Å². The van der Waals surface area contributed by atoms with Crippen LogP contribution in [0.15, 0.2) is 47.6 Å². The molecule has 1 fully saturated rings. The van der Waals surface area contributed by atoms with Gasteiger partial charge in [-0.2, -0.15) is 5.10 Å². The summed E-state index contributed by atoms with van der Waals surface area (Å²) in [4.78, 5) is 1.56. The highest BCUT2D eigenvalue weighted by atomic mass is 35.5. The first-order chi connectivity index (χ1) is 12.6. The van der Waals surface area contributed by atoms with Gasteiger partial charge in [-0.25, -0.2) is 0 Å². The van der Waals surface area contributed by atoms with Crippen LogP contribution >= 0.6 is 11.6 Å². The number of quaternary nitrogens is 1. The third-order valence-electron chi connectivity index (χ3n) is 4.47. The molecule has 2 aromatic carbocycles. The molecule has 0 amide bonds. The molecular weight excluding hydrogens is 350 g/mol. The lowest BCUT2D eigenvalue weighted by atomic mass is 10.2. The van der Waals surface area contributed by atoms with Crippen LogP contribution in [0.3, 0.4) is 0 Å². The number of piperazine rings is 1. The minimum atomic E-state index is 0.156. The number of nitrogens with one attached hydrogen (secondary N) is 1. The predicted molar refractivity (Wildman–Crippen MR) is 104 cm³/mol. The predicted octanol–water partition coefficient (Wildman–Crippen LogP) is 2.18. The molecular formula is C20H25ClN3O2+. The van der Waals surface area contributed by atoms with Gasteiger partial charge in [0.05, 0.1) is 39.0 Å². The highest BCUT2D eigenvalue weighted by molar-refractivity contribution is 6.30. The number of benzene rings is 2. The topological polar surface area (TPSA) is 49.5 Å². The maximum absolute atomic E-state index is 9.76. The van der Waals surface area contributed by atoms with E-state index in [0.717, 1.165) is 43.3 Å². The fraction of sp³-hybridized carbons (Fsp3) is 0.350. The number of hydrogen-bond donors (Lipinski definition) is 2. The van der Waals surface area contributed by atoms with Gasteiger partial charge < -0.3 is 14.7 Å². The standard InChI is InChI=1S/C20H24ClN3O2/c1-2-26-20-13-17(5-8-19(20)25)14-22-24-11-9-23(10-12-24)15-16-3-6-18(21)7-4-16/h3-8,13-14,25H,2,9-12,15H2,1H3/p+1. The Morgan fingerprint density at radius 1 is 1.19 bits per heavy atom. The molecule has 5 nitrogen and oxygen atoms in total. The van der Waals surface area contributed by atoms with Crippen LogP contribution < -0.4 is 9.64 Å². The van der Waals surface area contributed by atoms with Crippen LogP contribution in [0.2, 0.25) is 5.02 Å². The summed E-state index contributed by atoms with van der Waals surface area (Å²) < 4.78 is 5.41. The van der Waals surface area contributed by atoms with Crippen molar-refractivity contribution in [3.05, 3.63) is 58.6 Å². The molecule has 0 saturated carbocycles. The Labute approximate surface area is 159 Å². The van der Waals surface area contributed by atoms with Crippen molar-refractivity contribution >= 4 is 17.8 Å². The normalized spacial score (nSPS) is 15.5. The molecule has 1 saturated heterocycles. The van der Waals surface area contributed by atoms with Crippen molar-refractivity contribution in [1.82, 2.24) is 5.01 Å². The molecule has 2 aromatic rings. The van der Waals surface area contributed by atoms with Crippen LogP contribution in [0.4, 0.5) is 0 Å². The van der Waals surface area contributed by atoms with Gasteiger partial charge in [-0.05, 0) is 42.8 Å². The molecule has 0 aliphatic carbocycles. The summed E-state index contributed by atoms with van der Waals surface area (Å²) in [6.45, 7) is 7.40. The Bertz CT molecular complexity index is 741. The third-order valence-corrected chi connectivity index (χ3v) is 4.72. The largest absolute Gasteiger partial charge is 0.504 e. The van der Waals surface area contributed by atoms with Crippen LogP contribution in [-0.2, 0) is 6.54 Å². The van der Waals surface area contributed by atoms with E-state index in [0.29, 0.717) is 12.4 Å². The highest BCUT2D eigenvalue weighted by Gasteiger charge is 2.18. The average molecular weight is 375 g/mol. The molecule has 0 radical (unpaired) electrons. The smallest absolute Gasteiger partial charge is 0.161 e. The Balaban J connectivity index is 1.51. The van der Waals surface area contributed by atoms with Crippen LogP contribution in [0, 0.1) is 0 Å². The molecule has 6 heteroatoms. The van der Waals surface area contributed by atoms with Crippen molar-refractivity contribution in [3.8, 4) is 11.5 Å². The van der Waals surface area contributed by atoms with Gasteiger partial charge in [-0.1, -0.05) is 23.7 Å². The second kappa shape index (κ2) is 8.92. The molecule has 0 aromatic heterocycles. The Morgan fingerprint density at radius 2 is 1.92 bits per heavy atom. The molecule has 1 heterocycles. The van der Waals surface area contributed by atoms with Crippen molar-refractivity contribution in [3.63, 3.8) is 0 Å². The van der Waals surface area contributed by atoms with E-state index >= 15 is 0 Å². The summed E-state index contributed by atoms with van der Waals surface area (Å²) in [6.07, 6.45) is 1.83. The monoisotopic (exact) mass is 374 g/mol. The molecule has 2 N–H and O–H groups in total. The molecule has 0 spiro atoms. The van der Waals surface area contributed by atoms with Gasteiger partial charge >= 0.3 is 0 Å². The maximum Gasteiger partial charge on any atom is 0.161 e. The Morgan fingerprint density at radius 3 is 2.62 bits per heavy atom. The van der Waals surface area contributed by atoms with Crippen molar-refractivity contribution in [2.75, 3.05) is 32.8 Å². The third kappa shape index (κ3) is 5.13. The van der Waals surface area contributed by atoms with E-state index in [2.05, 4.69) is 22.2 Å². The Kier molecular flexibility index (Phi) is 6.36. The molecule has 1 aliphatic rings. The fourth-order valence-corrected chi connectivity index (χ4v) is 3.15. The zero-order chi connectivity index (χ0) is 18.4. The average Bonchev–Trinajstić information content (AvgIpc) is 2.65. The summed E-state index contributed by atoms with van der Waals surface area (Å²) in [7, 11) is 0. The number of ether oxygens (including phenoxy) is 1. The number of aromatic hydroxyl groups is 1. The summed E-state index contributed by atoms with van der Waals surface area (Å²) in [5.41, 5.74) is 2.23. The molecule has 0 unspecified atom stereocenters. The first kappa shape index (κ1) is 18.5. The van der Waals surface area contributed by atoms with Crippen molar-refractivity contribution in [2.45, 2.75) is 13.5 Å². The van der Waals surface area contributed by atoms with E-state index in [9.17, 15) is 5.11 Å². The number of hydrazone groups is 1. The first-order valence-corrected chi connectivity index (χ1v) is 9.34. The summed E-state index contributed by atoms with van der Waals surface area (Å²) in [6, 6.07) is 13.4. The fourth-order valence-electron chi connectivity index (χ4n) is 3.02. The lowest BCUT2D eigenvalue weighted by Crippen LogP contribution is -3.13. The number of phenols is 1. The zero-order valence-corrected chi connectivity index (χ0v) is 15.7.